The Kier molecular flexibility index (Phi) is 4.59. The van der Waals surface area contributed by atoms with E-state index in [1.165, 1.54) is 6.20 Å². The number of nitrogen functional groups attached to an aromatic ring is 1. The van der Waals surface area contributed by atoms with E-state index < -0.39 is 0 Å². The zero-order valence-electron chi connectivity index (χ0n) is 15.0. The van der Waals surface area contributed by atoms with Crippen molar-refractivity contribution >= 4 is 22.6 Å². The Morgan fingerprint density at radius 3 is 2.89 bits per heavy atom. The highest BCUT2D eigenvalue weighted by Gasteiger charge is 2.09. The van der Waals surface area contributed by atoms with E-state index in [4.69, 9.17) is 11.1 Å². The average Bonchev–Trinajstić information content (AvgIpc) is 3.38. The molecule has 5 N–H and O–H groups in total. The summed E-state index contributed by atoms with van der Waals surface area (Å²) >= 11 is 0. The molecule has 3 aromatic heterocycles. The second-order valence-electron chi connectivity index (χ2n) is 6.36. The number of pyridine rings is 1. The van der Waals surface area contributed by atoms with Crippen molar-refractivity contribution in [2.45, 2.75) is 6.42 Å². The van der Waals surface area contributed by atoms with Crippen molar-refractivity contribution < 1.29 is 4.79 Å². The molecule has 0 aliphatic heterocycles. The maximum atomic E-state index is 12.3. The fourth-order valence-corrected chi connectivity index (χ4v) is 3.03. The molecule has 0 saturated heterocycles. The number of amides is 1. The summed E-state index contributed by atoms with van der Waals surface area (Å²) in [6.07, 6.45) is 7.41. The number of aromatic amines is 1. The van der Waals surface area contributed by atoms with E-state index in [0.29, 0.717) is 29.9 Å². The van der Waals surface area contributed by atoms with Crippen LogP contribution in [0.1, 0.15) is 21.5 Å². The van der Waals surface area contributed by atoms with Crippen LogP contribution in [-0.4, -0.2) is 38.0 Å². The van der Waals surface area contributed by atoms with Gasteiger partial charge >= 0.3 is 0 Å². The van der Waals surface area contributed by atoms with E-state index in [1.54, 1.807) is 35.4 Å². The Hall–Kier alpha value is -3.94. The lowest BCUT2D eigenvalue weighted by atomic mass is 10.1. The molecule has 4 rings (SSSR count). The lowest BCUT2D eigenvalue weighted by Crippen LogP contribution is -2.25. The van der Waals surface area contributed by atoms with E-state index in [9.17, 15) is 4.79 Å². The van der Waals surface area contributed by atoms with Gasteiger partial charge in [0.1, 0.15) is 5.84 Å². The van der Waals surface area contributed by atoms with Gasteiger partial charge in [-0.25, -0.2) is 9.67 Å². The van der Waals surface area contributed by atoms with Gasteiger partial charge in [0.15, 0.2) is 5.82 Å². The number of hydrogen-bond donors (Lipinski definition) is 4. The van der Waals surface area contributed by atoms with E-state index in [1.807, 2.05) is 24.3 Å². The summed E-state index contributed by atoms with van der Waals surface area (Å²) in [6.45, 7) is 0.491. The number of carbonyl (C=O) groups is 1. The zero-order valence-corrected chi connectivity index (χ0v) is 15.0. The second kappa shape index (κ2) is 7.36. The maximum absolute atomic E-state index is 12.3. The normalized spacial score (nSPS) is 10.9. The van der Waals surface area contributed by atoms with Gasteiger partial charge in [-0.3, -0.25) is 10.2 Å². The zero-order chi connectivity index (χ0) is 19.5. The molecule has 0 aliphatic carbocycles. The fourth-order valence-electron chi connectivity index (χ4n) is 3.03. The van der Waals surface area contributed by atoms with Crippen molar-refractivity contribution in [3.63, 3.8) is 0 Å². The quantitative estimate of drug-likeness (QED) is 0.305. The molecule has 1 amide bonds. The summed E-state index contributed by atoms with van der Waals surface area (Å²) in [5, 5.41) is 15.6. The second-order valence-corrected chi connectivity index (χ2v) is 6.36. The third-order valence-electron chi connectivity index (χ3n) is 4.48. The molecule has 1 aromatic carbocycles. The fraction of sp³-hybridized carbons (Fsp3) is 0.100. The third kappa shape index (κ3) is 3.48. The Morgan fingerprint density at radius 1 is 1.29 bits per heavy atom. The lowest BCUT2D eigenvalue weighted by molar-refractivity contribution is 0.0954. The molecule has 8 nitrogen and oxygen atoms in total. The summed E-state index contributed by atoms with van der Waals surface area (Å²) in [5.41, 5.74) is 8.79. The monoisotopic (exact) mass is 373 g/mol. The molecule has 28 heavy (non-hydrogen) atoms. The van der Waals surface area contributed by atoms with Crippen molar-refractivity contribution in [2.75, 3.05) is 6.54 Å². The molecule has 0 unspecified atom stereocenters. The first-order valence-corrected chi connectivity index (χ1v) is 8.80. The van der Waals surface area contributed by atoms with Crippen LogP contribution in [0, 0.1) is 5.41 Å². The minimum Gasteiger partial charge on any atom is -0.384 e. The van der Waals surface area contributed by atoms with Gasteiger partial charge in [-0.15, -0.1) is 0 Å². The molecule has 0 aliphatic rings. The van der Waals surface area contributed by atoms with Crippen LogP contribution >= 0.6 is 0 Å². The number of hydrogen-bond acceptors (Lipinski definition) is 4. The van der Waals surface area contributed by atoms with Crippen LogP contribution in [0.2, 0.25) is 0 Å². The number of nitrogens with two attached hydrogens (primary N) is 1. The van der Waals surface area contributed by atoms with Gasteiger partial charge in [0.05, 0.1) is 5.56 Å². The van der Waals surface area contributed by atoms with Gasteiger partial charge in [0.2, 0.25) is 0 Å². The summed E-state index contributed by atoms with van der Waals surface area (Å²) in [6, 6.07) is 11.2. The van der Waals surface area contributed by atoms with Crippen LogP contribution in [0.3, 0.4) is 0 Å². The van der Waals surface area contributed by atoms with Crippen molar-refractivity contribution in [1.82, 2.24) is 25.1 Å². The maximum Gasteiger partial charge on any atom is 0.252 e. The van der Waals surface area contributed by atoms with Crippen LogP contribution < -0.4 is 11.1 Å². The van der Waals surface area contributed by atoms with Crippen LogP contribution in [0.4, 0.5) is 0 Å². The van der Waals surface area contributed by atoms with E-state index in [2.05, 4.69) is 20.4 Å². The predicted octanol–water partition coefficient (Wildman–Crippen LogP) is 2.01. The average molecular weight is 373 g/mol. The number of carbonyl (C=O) groups excluding carboxylic acids is 1. The first-order chi connectivity index (χ1) is 13.6. The van der Waals surface area contributed by atoms with E-state index >= 15 is 0 Å². The lowest BCUT2D eigenvalue weighted by Gasteiger charge is -2.07. The number of nitrogens with one attached hydrogen (secondary N) is 3. The van der Waals surface area contributed by atoms with Crippen LogP contribution in [0.15, 0.2) is 61.2 Å². The number of rotatable bonds is 6. The van der Waals surface area contributed by atoms with Gasteiger partial charge in [0, 0.05) is 47.8 Å². The highest BCUT2D eigenvalue weighted by molar-refractivity contribution is 6.07. The Morgan fingerprint density at radius 2 is 2.18 bits per heavy atom. The van der Waals surface area contributed by atoms with Crippen molar-refractivity contribution in [1.29, 1.82) is 5.41 Å². The first kappa shape index (κ1) is 17.5. The topological polar surface area (TPSA) is 125 Å². The highest BCUT2D eigenvalue weighted by atomic mass is 16.1. The Labute approximate surface area is 160 Å². The summed E-state index contributed by atoms with van der Waals surface area (Å²) in [4.78, 5) is 19.7. The van der Waals surface area contributed by atoms with Crippen molar-refractivity contribution in [2.24, 2.45) is 5.73 Å². The molecule has 140 valence electrons. The van der Waals surface area contributed by atoms with Crippen LogP contribution in [0.25, 0.3) is 16.7 Å². The van der Waals surface area contributed by atoms with Gasteiger partial charge in [-0.1, -0.05) is 6.07 Å². The highest BCUT2D eigenvalue weighted by Crippen LogP contribution is 2.19. The largest absolute Gasteiger partial charge is 0.384 e. The summed E-state index contributed by atoms with van der Waals surface area (Å²) in [5.74, 6) is 0.511. The van der Waals surface area contributed by atoms with Gasteiger partial charge in [0.25, 0.3) is 5.91 Å². The molecule has 3 heterocycles. The van der Waals surface area contributed by atoms with E-state index in [0.717, 1.165) is 16.5 Å². The molecule has 4 aromatic rings. The molecular weight excluding hydrogens is 354 g/mol. The van der Waals surface area contributed by atoms with Gasteiger partial charge in [-0.2, -0.15) is 5.10 Å². The molecule has 8 heteroatoms. The number of H-pyrrole nitrogens is 1. The summed E-state index contributed by atoms with van der Waals surface area (Å²) in [7, 11) is 0. The van der Waals surface area contributed by atoms with Crippen molar-refractivity contribution in [3.05, 3.63) is 77.9 Å². The third-order valence-corrected chi connectivity index (χ3v) is 4.48. The SMILES string of the molecule is N=C(N)c1c[nH]c2ccc(CCNC(=O)c3ccc(-n4cccn4)nc3)cc12. The molecule has 0 spiro atoms. The molecule has 0 saturated carbocycles. The van der Waals surface area contributed by atoms with Gasteiger partial charge < -0.3 is 16.0 Å². The standard InChI is InChI=1S/C20H19N7O/c21-19(22)16-12-24-17-4-2-13(10-15(16)17)6-8-23-20(28)14-3-5-18(25-11-14)27-9-1-7-26-27/h1-5,7,9-12,24H,6,8H2,(H3,21,22)(H,23,28). The number of benzene rings is 1. The Bertz CT molecular complexity index is 1130. The number of amidine groups is 1. The molecule has 0 fully saturated rings. The molecule has 0 radical (unpaired) electrons. The number of nitrogens with zero attached hydrogens (tertiary/aromatic N) is 3. The van der Waals surface area contributed by atoms with Crippen LogP contribution in [-0.2, 0) is 6.42 Å². The molecule has 0 atom stereocenters. The number of aromatic nitrogens is 4. The first-order valence-electron chi connectivity index (χ1n) is 8.80. The smallest absolute Gasteiger partial charge is 0.252 e. The number of fused-ring (bicyclic) bond motifs is 1. The van der Waals surface area contributed by atoms with Crippen molar-refractivity contribution in [3.8, 4) is 5.82 Å². The molecular formula is C20H19N7O. The summed E-state index contributed by atoms with van der Waals surface area (Å²) < 4.78 is 1.63. The Balaban J connectivity index is 1.38. The van der Waals surface area contributed by atoms with Gasteiger partial charge in [-0.05, 0) is 42.3 Å². The van der Waals surface area contributed by atoms with Crippen LogP contribution in [0.5, 0.6) is 0 Å². The molecule has 0 bridgehead atoms. The minimum absolute atomic E-state index is 0.0303. The van der Waals surface area contributed by atoms with E-state index in [-0.39, 0.29) is 11.7 Å². The minimum atomic E-state index is -0.174. The predicted molar refractivity (Wildman–Crippen MR) is 107 cm³/mol.